The fourth-order valence-electron chi connectivity index (χ4n) is 1.37. The quantitative estimate of drug-likeness (QED) is 0.600. The van der Waals surface area contributed by atoms with Gasteiger partial charge in [0.1, 0.15) is 0 Å². The van der Waals surface area contributed by atoms with Crippen LogP contribution in [0.5, 0.6) is 0 Å². The molecule has 1 aromatic rings. The van der Waals surface area contributed by atoms with Crippen LogP contribution in [0.3, 0.4) is 0 Å². The Morgan fingerprint density at radius 1 is 1.40 bits per heavy atom. The number of methoxy groups -OCH3 is 1. The van der Waals surface area contributed by atoms with E-state index in [9.17, 15) is 9.59 Å². The molecule has 0 saturated carbocycles. The Balaban J connectivity index is 3.22. The molecular formula is C11H12O4. The van der Waals surface area contributed by atoms with Crippen molar-refractivity contribution in [2.45, 2.75) is 13.5 Å². The van der Waals surface area contributed by atoms with E-state index >= 15 is 0 Å². The van der Waals surface area contributed by atoms with E-state index in [1.165, 1.54) is 13.2 Å². The van der Waals surface area contributed by atoms with E-state index in [4.69, 9.17) is 9.84 Å². The summed E-state index contributed by atoms with van der Waals surface area (Å²) in [5, 5.41) is 8.63. The monoisotopic (exact) mass is 208 g/mol. The average Bonchev–Trinajstić information content (AvgIpc) is 2.20. The second kappa shape index (κ2) is 4.70. The molecular weight excluding hydrogens is 196 g/mol. The summed E-state index contributed by atoms with van der Waals surface area (Å²) < 4.78 is 4.93. The number of Topliss-reactive ketones (excluding diaryl/α,β-unsaturated/α-hetero) is 1. The number of carboxylic acid groups (broad SMARTS) is 1. The number of aryl methyl sites for hydroxylation is 1. The summed E-state index contributed by atoms with van der Waals surface area (Å²) in [6, 6.07) is 4.97. The third kappa shape index (κ3) is 2.41. The van der Waals surface area contributed by atoms with E-state index in [1.807, 2.05) is 13.0 Å². The highest BCUT2D eigenvalue weighted by Gasteiger charge is 2.18. The minimum atomic E-state index is -1.45. The number of aliphatic carboxylic acids is 1. The fourth-order valence-corrected chi connectivity index (χ4v) is 1.37. The normalized spacial score (nSPS) is 10.0. The molecule has 4 heteroatoms. The Labute approximate surface area is 87.5 Å². The average molecular weight is 208 g/mol. The van der Waals surface area contributed by atoms with Gasteiger partial charge in [-0.25, -0.2) is 4.79 Å². The van der Waals surface area contributed by atoms with Gasteiger partial charge in [-0.2, -0.15) is 0 Å². The van der Waals surface area contributed by atoms with Crippen LogP contribution in [0.2, 0.25) is 0 Å². The van der Waals surface area contributed by atoms with E-state index < -0.39 is 11.8 Å². The molecule has 0 bridgehead atoms. The first-order valence-electron chi connectivity index (χ1n) is 4.43. The number of hydrogen-bond donors (Lipinski definition) is 1. The van der Waals surface area contributed by atoms with E-state index in [0.29, 0.717) is 5.56 Å². The van der Waals surface area contributed by atoms with Gasteiger partial charge in [0.25, 0.3) is 5.78 Å². The van der Waals surface area contributed by atoms with Crippen molar-refractivity contribution in [1.29, 1.82) is 0 Å². The lowest BCUT2D eigenvalue weighted by atomic mass is 9.99. The highest BCUT2D eigenvalue weighted by Crippen LogP contribution is 2.16. The van der Waals surface area contributed by atoms with Crippen LogP contribution >= 0.6 is 0 Å². The Morgan fingerprint density at radius 2 is 2.07 bits per heavy atom. The molecule has 0 radical (unpaired) electrons. The highest BCUT2D eigenvalue weighted by atomic mass is 16.5. The predicted octanol–water partition coefficient (Wildman–Crippen LogP) is 1.41. The summed E-state index contributed by atoms with van der Waals surface area (Å²) in [6.07, 6.45) is 0. The van der Waals surface area contributed by atoms with E-state index in [-0.39, 0.29) is 12.2 Å². The summed E-state index contributed by atoms with van der Waals surface area (Å²) in [4.78, 5) is 21.9. The van der Waals surface area contributed by atoms with Gasteiger partial charge in [-0.15, -0.1) is 0 Å². The van der Waals surface area contributed by atoms with Crippen LogP contribution in [0.4, 0.5) is 0 Å². The van der Waals surface area contributed by atoms with Crippen molar-refractivity contribution in [3.8, 4) is 0 Å². The number of carboxylic acids is 1. The lowest BCUT2D eigenvalue weighted by Crippen LogP contribution is -2.15. The van der Waals surface area contributed by atoms with Crippen LogP contribution in [-0.2, 0) is 16.1 Å². The van der Waals surface area contributed by atoms with E-state index in [2.05, 4.69) is 0 Å². The Bertz CT molecular complexity index is 396. The third-order valence-electron chi connectivity index (χ3n) is 2.14. The number of ether oxygens (including phenoxy) is 1. The van der Waals surface area contributed by atoms with Gasteiger partial charge in [0, 0.05) is 12.7 Å². The molecule has 80 valence electrons. The summed E-state index contributed by atoms with van der Waals surface area (Å²) in [5.41, 5.74) is 1.68. The molecule has 1 N–H and O–H groups in total. The standard InChI is InChI=1S/C11H12O4/c1-7-4-3-5-8(9(7)6-15-2)10(12)11(13)14/h3-5H,6H2,1-2H3,(H,13,14). The van der Waals surface area contributed by atoms with Gasteiger partial charge in [-0.1, -0.05) is 18.2 Å². The van der Waals surface area contributed by atoms with Crippen LogP contribution in [-0.4, -0.2) is 24.0 Å². The van der Waals surface area contributed by atoms with Crippen molar-refractivity contribution < 1.29 is 19.4 Å². The molecule has 0 aromatic heterocycles. The number of benzene rings is 1. The molecule has 1 rings (SSSR count). The maximum atomic E-state index is 11.3. The zero-order chi connectivity index (χ0) is 11.4. The first-order chi connectivity index (χ1) is 7.07. The lowest BCUT2D eigenvalue weighted by Gasteiger charge is -2.08. The predicted molar refractivity (Wildman–Crippen MR) is 53.9 cm³/mol. The van der Waals surface area contributed by atoms with Crippen molar-refractivity contribution in [1.82, 2.24) is 0 Å². The first kappa shape index (κ1) is 11.4. The maximum absolute atomic E-state index is 11.3. The molecule has 0 spiro atoms. The number of carbonyl (C=O) groups excluding carboxylic acids is 1. The number of ketones is 1. The Kier molecular flexibility index (Phi) is 3.57. The second-order valence-electron chi connectivity index (χ2n) is 3.17. The van der Waals surface area contributed by atoms with Gasteiger partial charge >= 0.3 is 5.97 Å². The molecule has 0 fully saturated rings. The largest absolute Gasteiger partial charge is 0.475 e. The summed E-state index contributed by atoms with van der Waals surface area (Å²) in [5.74, 6) is -2.34. The molecule has 0 unspecified atom stereocenters. The molecule has 0 aliphatic heterocycles. The van der Waals surface area contributed by atoms with Crippen LogP contribution in [0.25, 0.3) is 0 Å². The van der Waals surface area contributed by atoms with Crippen LogP contribution in [0, 0.1) is 6.92 Å². The number of rotatable bonds is 4. The molecule has 0 amide bonds. The van der Waals surface area contributed by atoms with Gasteiger partial charge < -0.3 is 9.84 Å². The van der Waals surface area contributed by atoms with E-state index in [0.717, 1.165) is 5.56 Å². The molecule has 0 heterocycles. The Morgan fingerprint density at radius 3 is 2.60 bits per heavy atom. The minimum Gasteiger partial charge on any atom is -0.475 e. The summed E-state index contributed by atoms with van der Waals surface area (Å²) in [6.45, 7) is 2.05. The summed E-state index contributed by atoms with van der Waals surface area (Å²) in [7, 11) is 1.50. The fraction of sp³-hybridized carbons (Fsp3) is 0.273. The third-order valence-corrected chi connectivity index (χ3v) is 2.14. The topological polar surface area (TPSA) is 63.6 Å². The van der Waals surface area contributed by atoms with Crippen molar-refractivity contribution in [3.05, 3.63) is 34.9 Å². The number of hydrogen-bond acceptors (Lipinski definition) is 3. The van der Waals surface area contributed by atoms with Gasteiger partial charge in [-0.3, -0.25) is 4.79 Å². The molecule has 0 atom stereocenters. The van der Waals surface area contributed by atoms with Crippen molar-refractivity contribution in [3.63, 3.8) is 0 Å². The SMILES string of the molecule is COCc1c(C)cccc1C(=O)C(=O)O. The van der Waals surface area contributed by atoms with Gasteiger partial charge in [0.15, 0.2) is 0 Å². The smallest absolute Gasteiger partial charge is 0.377 e. The molecule has 1 aromatic carbocycles. The van der Waals surface area contributed by atoms with Gasteiger partial charge in [-0.05, 0) is 18.1 Å². The Hall–Kier alpha value is -1.68. The number of carbonyl (C=O) groups is 2. The summed E-state index contributed by atoms with van der Waals surface area (Å²) >= 11 is 0. The van der Waals surface area contributed by atoms with Crippen LogP contribution in [0.15, 0.2) is 18.2 Å². The maximum Gasteiger partial charge on any atom is 0.377 e. The molecule has 0 aliphatic carbocycles. The van der Waals surface area contributed by atoms with Crippen molar-refractivity contribution in [2.75, 3.05) is 7.11 Å². The zero-order valence-electron chi connectivity index (χ0n) is 8.61. The van der Waals surface area contributed by atoms with Crippen molar-refractivity contribution in [2.24, 2.45) is 0 Å². The van der Waals surface area contributed by atoms with E-state index in [1.54, 1.807) is 6.07 Å². The minimum absolute atomic E-state index is 0.198. The molecule has 15 heavy (non-hydrogen) atoms. The first-order valence-corrected chi connectivity index (χ1v) is 4.43. The highest BCUT2D eigenvalue weighted by molar-refractivity contribution is 6.40. The van der Waals surface area contributed by atoms with Crippen LogP contribution in [0.1, 0.15) is 21.5 Å². The molecule has 0 saturated heterocycles. The van der Waals surface area contributed by atoms with Gasteiger partial charge in [0.2, 0.25) is 0 Å². The van der Waals surface area contributed by atoms with Crippen molar-refractivity contribution >= 4 is 11.8 Å². The second-order valence-corrected chi connectivity index (χ2v) is 3.17. The molecule has 0 aliphatic rings. The zero-order valence-corrected chi connectivity index (χ0v) is 8.61. The molecule has 4 nitrogen and oxygen atoms in total. The van der Waals surface area contributed by atoms with Gasteiger partial charge in [0.05, 0.1) is 6.61 Å². The van der Waals surface area contributed by atoms with Crippen LogP contribution < -0.4 is 0 Å². The lowest BCUT2D eigenvalue weighted by molar-refractivity contribution is -0.131.